The number of benzene rings is 14. The van der Waals surface area contributed by atoms with Crippen molar-refractivity contribution < 1.29 is 8.83 Å². The van der Waals surface area contributed by atoms with E-state index in [9.17, 15) is 0 Å². The lowest BCUT2D eigenvalue weighted by Crippen LogP contribution is -1.94. The van der Waals surface area contributed by atoms with Crippen molar-refractivity contribution in [3.8, 4) is 168 Å². The van der Waals surface area contributed by atoms with Crippen LogP contribution in [0.5, 0.6) is 0 Å². The van der Waals surface area contributed by atoms with Crippen molar-refractivity contribution in [2.24, 2.45) is 0 Å². The Morgan fingerprint density at radius 1 is 0.192 bits per heavy atom. The van der Waals surface area contributed by atoms with Crippen molar-refractivity contribution >= 4 is 22.2 Å². The van der Waals surface area contributed by atoms with Crippen LogP contribution in [0.2, 0.25) is 0 Å². The van der Waals surface area contributed by atoms with Crippen LogP contribution in [0.4, 0.5) is 0 Å². The summed E-state index contributed by atoms with van der Waals surface area (Å²) in [6, 6.07) is 130. The number of aromatic nitrogens is 4. The summed E-state index contributed by atoms with van der Waals surface area (Å²) < 4.78 is 13.9. The number of oxazole rings is 2. The van der Waals surface area contributed by atoms with Gasteiger partial charge in [0.15, 0.2) is 11.2 Å². The van der Waals surface area contributed by atoms with E-state index in [0.717, 1.165) is 178 Å². The Balaban J connectivity index is 0.00000397. The van der Waals surface area contributed by atoms with Crippen molar-refractivity contribution in [3.63, 3.8) is 0 Å². The van der Waals surface area contributed by atoms with Crippen LogP contribution in [0.25, 0.3) is 190 Å². The molecule has 6 nitrogen and oxygen atoms in total. The minimum absolute atomic E-state index is 0.556. The molecule has 0 amide bonds. The van der Waals surface area contributed by atoms with Gasteiger partial charge in [0.05, 0.1) is 17.1 Å². The van der Waals surface area contributed by atoms with Gasteiger partial charge in [-0.25, -0.2) is 15.0 Å². The van der Waals surface area contributed by atoms with Crippen LogP contribution < -0.4 is 0 Å². The summed E-state index contributed by atoms with van der Waals surface area (Å²) in [5.74, 6) is 1.11. The Bertz CT molecular complexity index is 5810. The molecule has 0 spiro atoms. The zero-order chi connectivity index (χ0) is 69.7. The minimum Gasteiger partial charge on any atom is -0.435 e. The first-order valence-electron chi connectivity index (χ1n) is 35.4. The van der Waals surface area contributed by atoms with Crippen molar-refractivity contribution in [3.05, 3.63) is 376 Å². The van der Waals surface area contributed by atoms with Gasteiger partial charge in [-0.3, -0.25) is 4.98 Å². The van der Waals surface area contributed by atoms with E-state index in [1.165, 1.54) is 0 Å². The van der Waals surface area contributed by atoms with Gasteiger partial charge in [0.1, 0.15) is 11.0 Å². The molecule has 0 fully saturated rings. The maximum atomic E-state index is 6.94. The van der Waals surface area contributed by atoms with Crippen LogP contribution in [0.1, 0.15) is 13.8 Å². The number of hydrogen-bond acceptors (Lipinski definition) is 6. The summed E-state index contributed by atoms with van der Waals surface area (Å²) in [4.78, 5) is 20.7. The predicted octanol–water partition coefficient (Wildman–Crippen LogP) is 26.8. The molecular formula is C98H68N4O2. The van der Waals surface area contributed by atoms with Crippen LogP contribution in [-0.2, 0) is 0 Å². The smallest absolute Gasteiger partial charge is 0.227 e. The second-order valence-corrected chi connectivity index (χ2v) is 25.6. The van der Waals surface area contributed by atoms with Gasteiger partial charge in [0, 0.05) is 50.7 Å². The highest BCUT2D eigenvalue weighted by molar-refractivity contribution is 6.03. The molecule has 0 radical (unpaired) electrons. The van der Waals surface area contributed by atoms with E-state index in [1.54, 1.807) is 0 Å². The van der Waals surface area contributed by atoms with Crippen LogP contribution in [0, 0.1) is 0 Å². The summed E-state index contributed by atoms with van der Waals surface area (Å²) in [6.07, 6.45) is 1.81. The highest BCUT2D eigenvalue weighted by Gasteiger charge is 2.22. The third-order valence-corrected chi connectivity index (χ3v) is 19.3. The lowest BCUT2D eigenvalue weighted by molar-refractivity contribution is 0.620. The summed E-state index contributed by atoms with van der Waals surface area (Å²) >= 11 is 0. The number of nitrogens with zero attached hydrogens (tertiary/aromatic N) is 4. The topological polar surface area (TPSA) is 77.8 Å². The third kappa shape index (κ3) is 12.8. The fourth-order valence-corrected chi connectivity index (χ4v) is 14.0. The Kier molecular flexibility index (Phi) is 17.5. The molecule has 4 heterocycles. The summed E-state index contributed by atoms with van der Waals surface area (Å²) in [6.45, 7) is 4.00. The first-order valence-corrected chi connectivity index (χ1v) is 35.4. The molecule has 0 aliphatic rings. The number of rotatable bonds is 15. The maximum absolute atomic E-state index is 6.94. The van der Waals surface area contributed by atoms with Gasteiger partial charge in [-0.1, -0.05) is 299 Å². The number of hydrogen-bond donors (Lipinski definition) is 0. The molecular weight excluding hydrogens is 1270 g/mol. The van der Waals surface area contributed by atoms with Crippen LogP contribution >= 0.6 is 0 Å². The van der Waals surface area contributed by atoms with Gasteiger partial charge in [-0.05, 0) is 180 Å². The van der Waals surface area contributed by atoms with Gasteiger partial charge in [-0.2, -0.15) is 0 Å². The first kappa shape index (κ1) is 63.7. The minimum atomic E-state index is 0.556. The molecule has 0 saturated carbocycles. The van der Waals surface area contributed by atoms with Crippen molar-refractivity contribution in [1.82, 2.24) is 19.9 Å². The molecule has 18 aromatic rings. The highest BCUT2D eigenvalue weighted by Crippen LogP contribution is 2.44. The molecule has 4 aromatic heterocycles. The van der Waals surface area contributed by atoms with Crippen LogP contribution in [0.15, 0.2) is 385 Å². The van der Waals surface area contributed by atoms with Crippen molar-refractivity contribution in [2.45, 2.75) is 13.8 Å². The van der Waals surface area contributed by atoms with Crippen molar-refractivity contribution in [2.75, 3.05) is 0 Å². The monoisotopic (exact) mass is 1330 g/mol. The molecule has 104 heavy (non-hydrogen) atoms. The third-order valence-electron chi connectivity index (χ3n) is 19.3. The SMILES string of the molecule is CC.c1ccc(-c2cccc(-c3ccc(-c4cccc(-c5ccccc5)c4)c4oc(-c5ccc(-c6ccc(-c7ccc(-c8ccccn8)nc7-c7ccc(-c8ccc(-c9nc%10c(-c%11cccc(-c%12ccccc%12)c%11)ccc(-c%11cccc(-c%12ccccc%12)c%11)c%10o9)cc8)cc7)cc6)cc5)nc34)c2)cc1. The van der Waals surface area contributed by atoms with Gasteiger partial charge in [0.25, 0.3) is 0 Å². The van der Waals surface area contributed by atoms with Gasteiger partial charge >= 0.3 is 0 Å². The lowest BCUT2D eigenvalue weighted by atomic mass is 9.94. The molecule has 18 rings (SSSR count). The van der Waals surface area contributed by atoms with Gasteiger partial charge < -0.3 is 8.83 Å². The zero-order valence-electron chi connectivity index (χ0n) is 57.4. The van der Waals surface area contributed by atoms with E-state index in [-0.39, 0.29) is 0 Å². The molecule has 0 aliphatic carbocycles. The first-order chi connectivity index (χ1) is 51.5. The molecule has 492 valence electrons. The maximum Gasteiger partial charge on any atom is 0.227 e. The normalized spacial score (nSPS) is 11.2. The Morgan fingerprint density at radius 3 is 0.846 bits per heavy atom. The number of pyridine rings is 2. The molecule has 0 N–H and O–H groups in total. The van der Waals surface area contributed by atoms with E-state index >= 15 is 0 Å². The van der Waals surface area contributed by atoms with E-state index in [1.807, 2.05) is 56.4 Å². The Labute approximate surface area is 605 Å². The molecule has 0 saturated heterocycles. The molecule has 0 atom stereocenters. The van der Waals surface area contributed by atoms with Gasteiger partial charge in [-0.15, -0.1) is 0 Å². The van der Waals surface area contributed by atoms with E-state index in [0.29, 0.717) is 11.8 Å². The Hall–Kier alpha value is -13.7. The second-order valence-electron chi connectivity index (χ2n) is 25.6. The largest absolute Gasteiger partial charge is 0.435 e. The predicted molar refractivity (Wildman–Crippen MR) is 430 cm³/mol. The fourth-order valence-electron chi connectivity index (χ4n) is 14.0. The van der Waals surface area contributed by atoms with E-state index in [2.05, 4.69) is 334 Å². The average Bonchev–Trinajstić information content (AvgIpc) is 1.53. The highest BCUT2D eigenvalue weighted by atomic mass is 16.4. The molecule has 6 heteroatoms. The molecule has 0 bridgehead atoms. The summed E-state index contributed by atoms with van der Waals surface area (Å²) in [7, 11) is 0. The molecule has 14 aromatic carbocycles. The Morgan fingerprint density at radius 2 is 0.481 bits per heavy atom. The quantitative estimate of drug-likeness (QED) is 0.102. The van der Waals surface area contributed by atoms with E-state index in [4.69, 9.17) is 28.8 Å². The van der Waals surface area contributed by atoms with Crippen LogP contribution in [-0.4, -0.2) is 19.9 Å². The standard InChI is InChI=1S/C96H62N4O2.C2H6/c1-5-19-63(20-6-1)75-27-15-31-79(59-75)84-52-54-86(81-33-17-29-77(61-81)65-23-9-3-10-24-65)93-91(84)99-95(101-93)73-48-40-69(41-49-73)67-36-44-71(45-37-67)83-56-57-89(88-35-13-14-58-97-88)98-90(83)72-46-38-68(39-47-72)70-42-50-74(51-43-70)96-100-92-85(80-32-16-28-76(60-80)64-21-7-2-8-22-64)53-55-87(94(92)102-96)82-34-18-30-78(62-82)66-25-11-4-12-26-66;1-2/h1-62H;1-2H3. The molecule has 0 unspecified atom stereocenters. The lowest BCUT2D eigenvalue weighted by Gasteiger charge is -2.13. The molecule has 0 aliphatic heterocycles. The fraction of sp³-hybridized carbons (Fsp3) is 0.0204. The summed E-state index contributed by atoms with van der Waals surface area (Å²) in [5.41, 5.74) is 32.1. The number of fused-ring (bicyclic) bond motifs is 2. The second kappa shape index (κ2) is 28.5. The summed E-state index contributed by atoms with van der Waals surface area (Å²) in [5, 5.41) is 0. The zero-order valence-corrected chi connectivity index (χ0v) is 57.4. The van der Waals surface area contributed by atoms with Crippen LogP contribution in [0.3, 0.4) is 0 Å². The van der Waals surface area contributed by atoms with Gasteiger partial charge in [0.2, 0.25) is 11.8 Å². The average molecular weight is 1330 g/mol. The van der Waals surface area contributed by atoms with Crippen molar-refractivity contribution in [1.29, 1.82) is 0 Å². The van der Waals surface area contributed by atoms with E-state index < -0.39 is 0 Å².